The van der Waals surface area contributed by atoms with Crippen LogP contribution in [0.25, 0.3) is 5.57 Å². The largest absolute Gasteiger partial charge is 0.344 e. The van der Waals surface area contributed by atoms with Gasteiger partial charge in [0.25, 0.3) is 0 Å². The minimum atomic E-state index is 0.828. The maximum Gasteiger partial charge on any atom is 0.103 e. The van der Waals surface area contributed by atoms with Crippen LogP contribution < -0.4 is 5.32 Å². The lowest BCUT2D eigenvalue weighted by molar-refractivity contribution is 1.31. The standard InChI is InChI=1S/C18H19N3/c1-14-6-8-18(9-7-14)21-16(3)20-12-10-15(2)17-5-4-11-19-13-17/h4-13H,2H2,1,3H3,(H,20,21)/b12-10-. The van der Waals surface area contributed by atoms with E-state index < -0.39 is 0 Å². The number of amidine groups is 1. The molecule has 106 valence electrons. The maximum atomic E-state index is 4.35. The van der Waals surface area contributed by atoms with Crippen LogP contribution in [0.5, 0.6) is 0 Å². The number of nitrogens with zero attached hydrogens (tertiary/aromatic N) is 2. The van der Waals surface area contributed by atoms with Gasteiger partial charge in [0, 0.05) is 24.3 Å². The first-order valence-electron chi connectivity index (χ1n) is 6.79. The molecule has 0 aliphatic heterocycles. The summed E-state index contributed by atoms with van der Waals surface area (Å²) in [5.41, 5.74) is 4.15. The van der Waals surface area contributed by atoms with Crippen LogP contribution in [0.1, 0.15) is 18.1 Å². The van der Waals surface area contributed by atoms with E-state index in [0.29, 0.717) is 0 Å². The van der Waals surface area contributed by atoms with Gasteiger partial charge in [0.15, 0.2) is 0 Å². The summed E-state index contributed by atoms with van der Waals surface area (Å²) in [6, 6.07) is 12.1. The van der Waals surface area contributed by atoms with Crippen molar-refractivity contribution in [2.75, 3.05) is 5.32 Å². The molecule has 0 unspecified atom stereocenters. The number of aryl methyl sites for hydroxylation is 1. The van der Waals surface area contributed by atoms with E-state index >= 15 is 0 Å². The molecule has 0 amide bonds. The molecular weight excluding hydrogens is 258 g/mol. The SMILES string of the molecule is C=C(/C=C\N=C(C)Nc1ccc(C)cc1)c1cccnc1. The topological polar surface area (TPSA) is 37.3 Å². The minimum Gasteiger partial charge on any atom is -0.344 e. The van der Waals surface area contributed by atoms with Crippen molar-refractivity contribution < 1.29 is 0 Å². The van der Waals surface area contributed by atoms with Crippen molar-refractivity contribution in [1.82, 2.24) is 4.98 Å². The molecule has 21 heavy (non-hydrogen) atoms. The number of aliphatic imine (C=N–C) groups is 1. The number of anilines is 1. The average Bonchev–Trinajstić information content (AvgIpc) is 2.50. The van der Waals surface area contributed by atoms with Crippen molar-refractivity contribution in [2.24, 2.45) is 4.99 Å². The summed E-state index contributed by atoms with van der Waals surface area (Å²) in [5.74, 6) is 0.828. The molecule has 1 heterocycles. The summed E-state index contributed by atoms with van der Waals surface area (Å²) < 4.78 is 0. The number of hydrogen-bond donors (Lipinski definition) is 1. The van der Waals surface area contributed by atoms with E-state index in [1.807, 2.05) is 37.3 Å². The van der Waals surface area contributed by atoms with Gasteiger partial charge in [-0.1, -0.05) is 30.3 Å². The highest BCUT2D eigenvalue weighted by Crippen LogP contribution is 2.12. The molecular formula is C18H19N3. The van der Waals surface area contributed by atoms with E-state index in [1.54, 1.807) is 18.6 Å². The van der Waals surface area contributed by atoms with Gasteiger partial charge in [0.1, 0.15) is 5.84 Å². The molecule has 2 rings (SSSR count). The normalized spacial score (nSPS) is 11.6. The molecule has 1 N–H and O–H groups in total. The van der Waals surface area contributed by atoms with E-state index in [2.05, 4.69) is 40.9 Å². The van der Waals surface area contributed by atoms with Crippen molar-refractivity contribution in [2.45, 2.75) is 13.8 Å². The fraction of sp³-hybridized carbons (Fsp3) is 0.111. The van der Waals surface area contributed by atoms with Crippen LogP contribution >= 0.6 is 0 Å². The molecule has 0 radical (unpaired) electrons. The van der Waals surface area contributed by atoms with Crippen molar-refractivity contribution in [3.63, 3.8) is 0 Å². The third kappa shape index (κ3) is 4.73. The molecule has 0 saturated heterocycles. The highest BCUT2D eigenvalue weighted by atomic mass is 15.0. The third-order valence-corrected chi connectivity index (χ3v) is 2.95. The van der Waals surface area contributed by atoms with Crippen molar-refractivity contribution in [3.05, 3.63) is 78.8 Å². The van der Waals surface area contributed by atoms with Crippen LogP contribution in [0, 0.1) is 6.92 Å². The first-order chi connectivity index (χ1) is 10.1. The number of hydrogen-bond acceptors (Lipinski definition) is 2. The summed E-state index contributed by atoms with van der Waals surface area (Å²) in [7, 11) is 0. The van der Waals surface area contributed by atoms with Crippen LogP contribution in [-0.4, -0.2) is 10.8 Å². The van der Waals surface area contributed by atoms with Gasteiger partial charge >= 0.3 is 0 Å². The first kappa shape index (κ1) is 14.7. The molecule has 1 aromatic heterocycles. The van der Waals surface area contributed by atoms with E-state index in [0.717, 1.165) is 22.7 Å². The highest BCUT2D eigenvalue weighted by molar-refractivity contribution is 5.94. The number of rotatable bonds is 4. The third-order valence-electron chi connectivity index (χ3n) is 2.95. The lowest BCUT2D eigenvalue weighted by Crippen LogP contribution is -2.06. The summed E-state index contributed by atoms with van der Waals surface area (Å²) in [4.78, 5) is 8.42. The molecule has 0 saturated carbocycles. The Bertz CT molecular complexity index is 653. The Morgan fingerprint density at radius 2 is 2.00 bits per heavy atom. The summed E-state index contributed by atoms with van der Waals surface area (Å²) in [5, 5.41) is 3.24. The predicted octanol–water partition coefficient (Wildman–Crippen LogP) is 4.45. The molecule has 0 aliphatic rings. The van der Waals surface area contributed by atoms with Gasteiger partial charge in [-0.2, -0.15) is 0 Å². The Kier molecular flexibility index (Phi) is 5.04. The van der Waals surface area contributed by atoms with Gasteiger partial charge in [-0.3, -0.25) is 4.98 Å². The molecule has 3 nitrogen and oxygen atoms in total. The highest BCUT2D eigenvalue weighted by Gasteiger charge is 1.94. The molecule has 0 aliphatic carbocycles. The van der Waals surface area contributed by atoms with Gasteiger partial charge < -0.3 is 5.32 Å². The molecule has 0 fully saturated rings. The van der Waals surface area contributed by atoms with E-state index in [-0.39, 0.29) is 0 Å². The number of nitrogens with one attached hydrogen (secondary N) is 1. The number of allylic oxidation sites excluding steroid dienone is 2. The first-order valence-corrected chi connectivity index (χ1v) is 6.79. The lowest BCUT2D eigenvalue weighted by Gasteiger charge is -2.04. The van der Waals surface area contributed by atoms with Crippen LogP contribution in [-0.2, 0) is 0 Å². The van der Waals surface area contributed by atoms with Crippen molar-refractivity contribution in [1.29, 1.82) is 0 Å². The van der Waals surface area contributed by atoms with E-state index in [1.165, 1.54) is 5.56 Å². The molecule has 1 aromatic carbocycles. The average molecular weight is 277 g/mol. The zero-order chi connectivity index (χ0) is 15.1. The molecule has 2 aromatic rings. The van der Waals surface area contributed by atoms with E-state index in [9.17, 15) is 0 Å². The monoisotopic (exact) mass is 277 g/mol. The van der Waals surface area contributed by atoms with Gasteiger partial charge in [0.2, 0.25) is 0 Å². The van der Waals surface area contributed by atoms with Crippen LogP contribution in [0.15, 0.2) is 72.6 Å². The number of benzene rings is 1. The van der Waals surface area contributed by atoms with Gasteiger partial charge in [-0.15, -0.1) is 0 Å². The minimum absolute atomic E-state index is 0.828. The molecule has 3 heteroatoms. The second kappa shape index (κ2) is 7.20. The molecule has 0 bridgehead atoms. The zero-order valence-electron chi connectivity index (χ0n) is 12.4. The Balaban J connectivity index is 1.95. The van der Waals surface area contributed by atoms with Gasteiger partial charge in [-0.05, 0) is 49.3 Å². The Labute approximate surface area is 125 Å². The zero-order valence-corrected chi connectivity index (χ0v) is 12.4. The van der Waals surface area contributed by atoms with Gasteiger partial charge in [0.05, 0.1) is 0 Å². The summed E-state index contributed by atoms with van der Waals surface area (Å²) in [6.45, 7) is 7.99. The maximum absolute atomic E-state index is 4.35. The molecule has 0 atom stereocenters. The second-order valence-corrected chi connectivity index (χ2v) is 4.79. The summed E-state index contributed by atoms with van der Waals surface area (Å²) >= 11 is 0. The summed E-state index contributed by atoms with van der Waals surface area (Å²) in [6.07, 6.45) is 7.14. The number of pyridine rings is 1. The smallest absolute Gasteiger partial charge is 0.103 e. The fourth-order valence-electron chi connectivity index (χ4n) is 1.77. The Morgan fingerprint density at radius 3 is 2.67 bits per heavy atom. The quantitative estimate of drug-likeness (QED) is 0.509. The lowest BCUT2D eigenvalue weighted by atomic mass is 10.1. The predicted molar refractivity (Wildman–Crippen MR) is 90.3 cm³/mol. The number of aromatic nitrogens is 1. The Morgan fingerprint density at radius 1 is 1.24 bits per heavy atom. The second-order valence-electron chi connectivity index (χ2n) is 4.79. The van der Waals surface area contributed by atoms with Crippen molar-refractivity contribution in [3.8, 4) is 0 Å². The van der Waals surface area contributed by atoms with Gasteiger partial charge in [-0.25, -0.2) is 4.99 Å². The Hall–Kier alpha value is -2.68. The van der Waals surface area contributed by atoms with E-state index in [4.69, 9.17) is 0 Å². The van der Waals surface area contributed by atoms with Crippen molar-refractivity contribution >= 4 is 17.1 Å². The van der Waals surface area contributed by atoms with Crippen LogP contribution in [0.3, 0.4) is 0 Å². The van der Waals surface area contributed by atoms with Crippen LogP contribution in [0.2, 0.25) is 0 Å². The fourth-order valence-corrected chi connectivity index (χ4v) is 1.77. The van der Waals surface area contributed by atoms with Crippen LogP contribution in [0.4, 0.5) is 5.69 Å². The molecule has 0 spiro atoms.